The van der Waals surface area contributed by atoms with Crippen molar-refractivity contribution in [1.29, 1.82) is 0 Å². The van der Waals surface area contributed by atoms with Crippen molar-refractivity contribution < 1.29 is 29.3 Å². The van der Waals surface area contributed by atoms with E-state index in [9.17, 15) is 10.3 Å². The third-order valence-corrected chi connectivity index (χ3v) is 11.6. The predicted octanol–water partition coefficient (Wildman–Crippen LogP) is 6.52. The van der Waals surface area contributed by atoms with Gasteiger partial charge in [0.2, 0.25) is 0 Å². The van der Waals surface area contributed by atoms with Gasteiger partial charge < -0.3 is 29.3 Å². The summed E-state index contributed by atoms with van der Waals surface area (Å²) in [4.78, 5) is 0. The molecule has 0 unspecified atom stereocenters. The van der Waals surface area contributed by atoms with Gasteiger partial charge in [-0.2, -0.15) is 0 Å². The zero-order valence-corrected chi connectivity index (χ0v) is 26.0. The first kappa shape index (κ1) is 28.9. The Balaban J connectivity index is 1.32. The van der Waals surface area contributed by atoms with Gasteiger partial charge in [-0.25, -0.2) is 0 Å². The summed E-state index contributed by atoms with van der Waals surface area (Å²) < 4.78 is 26.0. The van der Waals surface area contributed by atoms with Crippen molar-refractivity contribution in [3.63, 3.8) is 0 Å². The molecule has 2 aliphatic heterocycles. The van der Waals surface area contributed by atoms with Crippen molar-refractivity contribution in [3.05, 3.63) is 23.3 Å². The number of hydrogen-bond donors (Lipinski definition) is 2. The van der Waals surface area contributed by atoms with Gasteiger partial charge in [-0.1, -0.05) is 25.1 Å². The standard InChI is InChI=1S/C33H51NO6/c1-28(2,35)14-13-27-33(9,40-30(5,6)39-27)26-11-10-20-19-16-23(34-36)22-17-24-25(38-29(3,4)37-24)18-32(22,8)21(19)12-15-31(20,26)7/h10,16,21-22,24-27,35-36H,11-15,17-18H2,1-9H3/b34-23-/t21-,22-,24+,25-,26-,27+,31-,32+,33+/m0/s1. The molecule has 4 aliphatic carbocycles. The van der Waals surface area contributed by atoms with Crippen LogP contribution in [0, 0.1) is 28.6 Å². The maximum Gasteiger partial charge on any atom is 0.164 e. The van der Waals surface area contributed by atoms with E-state index in [1.165, 1.54) is 11.1 Å². The van der Waals surface area contributed by atoms with Crippen molar-refractivity contribution in [2.45, 2.75) is 148 Å². The normalized spacial score (nSPS) is 48.2. The summed E-state index contributed by atoms with van der Waals surface area (Å²) in [5.74, 6) is -0.485. The Labute approximate surface area is 240 Å². The van der Waals surface area contributed by atoms with E-state index in [1.54, 1.807) is 0 Å². The smallest absolute Gasteiger partial charge is 0.164 e. The second kappa shape index (κ2) is 8.89. The molecule has 0 amide bonds. The molecule has 2 heterocycles. The van der Waals surface area contributed by atoms with Crippen molar-refractivity contribution in [2.24, 2.45) is 33.7 Å². The summed E-state index contributed by atoms with van der Waals surface area (Å²) in [5, 5.41) is 24.7. The number of rotatable bonds is 4. The van der Waals surface area contributed by atoms with Gasteiger partial charge in [0.05, 0.1) is 35.2 Å². The first-order valence-corrected chi connectivity index (χ1v) is 15.5. The van der Waals surface area contributed by atoms with E-state index in [0.29, 0.717) is 12.3 Å². The molecule has 2 N–H and O–H groups in total. The Morgan fingerprint density at radius 2 is 1.68 bits per heavy atom. The van der Waals surface area contributed by atoms with Crippen LogP contribution in [-0.4, -0.2) is 57.1 Å². The van der Waals surface area contributed by atoms with E-state index in [1.807, 2.05) is 41.5 Å². The fourth-order valence-corrected chi connectivity index (χ4v) is 9.96. The Bertz CT molecular complexity index is 1150. The zero-order chi connectivity index (χ0) is 29.1. The van der Waals surface area contributed by atoms with Crippen molar-refractivity contribution >= 4 is 5.71 Å². The summed E-state index contributed by atoms with van der Waals surface area (Å²) in [5.41, 5.74) is 2.15. The second-order valence-electron chi connectivity index (χ2n) is 15.9. The molecule has 2 saturated carbocycles. The van der Waals surface area contributed by atoms with Crippen LogP contribution in [0.5, 0.6) is 0 Å². The molecule has 0 aromatic rings. The molecule has 9 atom stereocenters. The first-order valence-electron chi connectivity index (χ1n) is 15.5. The van der Waals surface area contributed by atoms with Gasteiger partial charge in [-0.15, -0.1) is 0 Å². The molecule has 0 spiro atoms. The average molecular weight is 558 g/mol. The fourth-order valence-electron chi connectivity index (χ4n) is 9.96. The molecule has 0 aromatic heterocycles. The minimum Gasteiger partial charge on any atom is -0.411 e. The molecule has 6 rings (SSSR count). The number of oxime groups is 1. The number of allylic oxidation sites excluding steroid dienone is 4. The highest BCUT2D eigenvalue weighted by Gasteiger charge is 2.65. The van der Waals surface area contributed by atoms with Gasteiger partial charge in [0.1, 0.15) is 0 Å². The molecule has 2 saturated heterocycles. The van der Waals surface area contributed by atoms with Crippen LogP contribution in [0.25, 0.3) is 0 Å². The van der Waals surface area contributed by atoms with E-state index < -0.39 is 22.8 Å². The van der Waals surface area contributed by atoms with Crippen LogP contribution >= 0.6 is 0 Å². The molecule has 6 aliphatic rings. The van der Waals surface area contributed by atoms with Gasteiger partial charge in [-0.05, 0) is 127 Å². The lowest BCUT2D eigenvalue weighted by atomic mass is 9.47. The number of ether oxygens (including phenoxy) is 4. The predicted molar refractivity (Wildman–Crippen MR) is 153 cm³/mol. The number of nitrogens with zero attached hydrogens (tertiary/aromatic N) is 1. The van der Waals surface area contributed by atoms with E-state index >= 15 is 0 Å². The number of aliphatic hydroxyl groups is 1. The third kappa shape index (κ3) is 4.36. The second-order valence-corrected chi connectivity index (χ2v) is 15.9. The van der Waals surface area contributed by atoms with Crippen molar-refractivity contribution in [2.75, 3.05) is 0 Å². The van der Waals surface area contributed by atoms with E-state index in [4.69, 9.17) is 18.9 Å². The topological polar surface area (TPSA) is 89.7 Å². The van der Waals surface area contributed by atoms with Gasteiger partial charge in [-0.3, -0.25) is 0 Å². The molecule has 7 nitrogen and oxygen atoms in total. The van der Waals surface area contributed by atoms with E-state index in [2.05, 4.69) is 38.1 Å². The molecule has 0 bridgehead atoms. The van der Waals surface area contributed by atoms with Crippen LogP contribution < -0.4 is 0 Å². The lowest BCUT2D eigenvalue weighted by Gasteiger charge is -2.57. The maximum atomic E-state index is 10.5. The molecule has 4 fully saturated rings. The van der Waals surface area contributed by atoms with E-state index in [0.717, 1.165) is 44.2 Å². The van der Waals surface area contributed by atoms with E-state index in [-0.39, 0.29) is 41.0 Å². The summed E-state index contributed by atoms with van der Waals surface area (Å²) in [6.07, 6.45) is 10.9. The summed E-state index contributed by atoms with van der Waals surface area (Å²) in [7, 11) is 0. The SMILES string of the molecule is CC(C)(O)CC[C@H]1OC(C)(C)O[C@]1(C)[C@H]1CC=C2C3=C/C(=N/O)[C@@H]4C[C@H]5OC(C)(C)O[C@H]5C[C@]4(C)[C@H]3CC[C@@]21C. The van der Waals surface area contributed by atoms with Crippen LogP contribution in [0.2, 0.25) is 0 Å². The van der Waals surface area contributed by atoms with Gasteiger partial charge in [0.25, 0.3) is 0 Å². The van der Waals surface area contributed by atoms with Crippen LogP contribution in [0.4, 0.5) is 0 Å². The van der Waals surface area contributed by atoms with Crippen LogP contribution in [0.3, 0.4) is 0 Å². The lowest BCUT2D eigenvalue weighted by molar-refractivity contribution is -0.177. The van der Waals surface area contributed by atoms with Crippen molar-refractivity contribution in [1.82, 2.24) is 0 Å². The van der Waals surface area contributed by atoms with Gasteiger partial charge in [0.15, 0.2) is 11.6 Å². The van der Waals surface area contributed by atoms with Gasteiger partial charge in [0, 0.05) is 11.8 Å². The molecule has 40 heavy (non-hydrogen) atoms. The molecular formula is C33H51NO6. The number of hydrogen-bond acceptors (Lipinski definition) is 7. The maximum absolute atomic E-state index is 10.5. The monoisotopic (exact) mass is 557 g/mol. The fraction of sp³-hybridized carbons (Fsp3) is 0.848. The molecular weight excluding hydrogens is 506 g/mol. The summed E-state index contributed by atoms with van der Waals surface area (Å²) in [6, 6.07) is 0. The molecule has 224 valence electrons. The lowest BCUT2D eigenvalue weighted by Crippen LogP contribution is -2.56. The quantitative estimate of drug-likeness (QED) is 0.302. The number of fused-ring (bicyclic) bond motifs is 6. The van der Waals surface area contributed by atoms with Crippen LogP contribution in [0.15, 0.2) is 28.5 Å². The van der Waals surface area contributed by atoms with Gasteiger partial charge >= 0.3 is 0 Å². The largest absolute Gasteiger partial charge is 0.411 e. The Morgan fingerprint density at radius 1 is 0.975 bits per heavy atom. The zero-order valence-electron chi connectivity index (χ0n) is 26.0. The molecule has 0 radical (unpaired) electrons. The Kier molecular flexibility index (Phi) is 6.41. The molecule has 7 heteroatoms. The minimum atomic E-state index is -0.751. The molecule has 0 aromatic carbocycles. The highest BCUT2D eigenvalue weighted by Crippen LogP contribution is 2.67. The van der Waals surface area contributed by atoms with Crippen molar-refractivity contribution in [3.8, 4) is 0 Å². The first-order chi connectivity index (χ1) is 18.4. The highest BCUT2D eigenvalue weighted by atomic mass is 16.8. The Morgan fingerprint density at radius 3 is 2.35 bits per heavy atom. The van der Waals surface area contributed by atoms with Crippen LogP contribution in [-0.2, 0) is 18.9 Å². The summed E-state index contributed by atoms with van der Waals surface area (Å²) in [6.45, 7) is 18.8. The van der Waals surface area contributed by atoms with Crippen LogP contribution in [0.1, 0.15) is 107 Å². The summed E-state index contributed by atoms with van der Waals surface area (Å²) >= 11 is 0. The Hall–Kier alpha value is -1.25. The average Bonchev–Trinajstić information content (AvgIpc) is 3.41. The highest BCUT2D eigenvalue weighted by molar-refractivity contribution is 5.99. The minimum absolute atomic E-state index is 0.0346. The third-order valence-electron chi connectivity index (χ3n) is 11.6.